The molecule has 0 spiro atoms. The molecule has 0 fully saturated rings. The highest BCUT2D eigenvalue weighted by Gasteiger charge is 2.22. The van der Waals surface area contributed by atoms with Gasteiger partial charge in [-0.3, -0.25) is 0 Å². The number of ether oxygens (including phenoxy) is 1. The van der Waals surface area contributed by atoms with Crippen LogP contribution in [0.4, 0.5) is 0 Å². The van der Waals surface area contributed by atoms with Gasteiger partial charge in [-0.1, -0.05) is 101 Å². The summed E-state index contributed by atoms with van der Waals surface area (Å²) in [5.74, 6) is 1.47. The smallest absolute Gasteiger partial charge is 0.123 e. The van der Waals surface area contributed by atoms with Crippen molar-refractivity contribution in [2.75, 3.05) is 6.61 Å². The summed E-state index contributed by atoms with van der Waals surface area (Å²) in [4.78, 5) is 0. The van der Waals surface area contributed by atoms with Gasteiger partial charge in [0.1, 0.15) is 12.4 Å². The van der Waals surface area contributed by atoms with E-state index >= 15 is 0 Å². The van der Waals surface area contributed by atoms with Gasteiger partial charge in [0.25, 0.3) is 0 Å². The van der Waals surface area contributed by atoms with Gasteiger partial charge in [0, 0.05) is 18.1 Å². The summed E-state index contributed by atoms with van der Waals surface area (Å²) < 4.78 is 6.32. The highest BCUT2D eigenvalue weighted by molar-refractivity contribution is 5.46. The van der Waals surface area contributed by atoms with E-state index in [1.807, 2.05) is 18.2 Å². The van der Waals surface area contributed by atoms with E-state index in [0.29, 0.717) is 18.9 Å². The van der Waals surface area contributed by atoms with Crippen molar-refractivity contribution < 1.29 is 9.84 Å². The zero-order chi connectivity index (χ0) is 22.4. The van der Waals surface area contributed by atoms with Gasteiger partial charge in [-0.25, -0.2) is 0 Å². The van der Waals surface area contributed by atoms with Crippen LogP contribution >= 0.6 is 0 Å². The third-order valence-electron chi connectivity index (χ3n) is 5.91. The van der Waals surface area contributed by atoms with E-state index in [4.69, 9.17) is 4.74 Å². The predicted molar refractivity (Wildman–Crippen MR) is 130 cm³/mol. The van der Waals surface area contributed by atoms with Crippen LogP contribution in [0.3, 0.4) is 0 Å². The molecule has 0 saturated heterocycles. The fourth-order valence-corrected chi connectivity index (χ4v) is 3.90. The van der Waals surface area contributed by atoms with Gasteiger partial charge in [0.05, 0.1) is 0 Å². The fourth-order valence-electron chi connectivity index (χ4n) is 3.90. The molecular formula is C29H36O2. The quantitative estimate of drug-likeness (QED) is 0.421. The van der Waals surface area contributed by atoms with Crippen molar-refractivity contribution in [1.29, 1.82) is 0 Å². The lowest BCUT2D eigenvalue weighted by Gasteiger charge is -2.26. The Morgan fingerprint density at radius 2 is 1.48 bits per heavy atom. The molecule has 0 heterocycles. The standard InChI is InChI=1S/C29H36O2/c1-21(2)23-11-13-24(14-12-23)26(17-18-30)27-19-25(29(3,4)5)15-16-28(27)31-20-22-9-7-6-8-10-22/h6-16,19,21,26,30H,17-18,20H2,1-5H3. The molecule has 1 N–H and O–H groups in total. The summed E-state index contributed by atoms with van der Waals surface area (Å²) >= 11 is 0. The Kier molecular flexibility index (Phi) is 7.56. The van der Waals surface area contributed by atoms with E-state index in [1.165, 1.54) is 16.7 Å². The summed E-state index contributed by atoms with van der Waals surface area (Å²) in [6.45, 7) is 11.8. The summed E-state index contributed by atoms with van der Waals surface area (Å²) in [7, 11) is 0. The maximum absolute atomic E-state index is 9.89. The van der Waals surface area contributed by atoms with Crippen LogP contribution < -0.4 is 4.74 Å². The van der Waals surface area contributed by atoms with Crippen LogP contribution in [0, 0.1) is 0 Å². The number of benzene rings is 3. The lowest BCUT2D eigenvalue weighted by molar-refractivity contribution is 0.275. The molecule has 0 aliphatic heterocycles. The molecule has 3 aromatic rings. The Morgan fingerprint density at radius 3 is 2.06 bits per heavy atom. The van der Waals surface area contributed by atoms with Crippen LogP contribution in [-0.2, 0) is 12.0 Å². The number of hydrogen-bond donors (Lipinski definition) is 1. The lowest BCUT2D eigenvalue weighted by Crippen LogP contribution is -2.14. The molecule has 0 bridgehead atoms. The molecule has 0 saturated carbocycles. The van der Waals surface area contributed by atoms with Gasteiger partial charge in [-0.15, -0.1) is 0 Å². The van der Waals surface area contributed by atoms with Crippen LogP contribution in [0.2, 0.25) is 0 Å². The minimum atomic E-state index is 0.0397. The molecule has 164 valence electrons. The molecule has 3 rings (SSSR count). The van der Waals surface area contributed by atoms with Crippen molar-refractivity contribution >= 4 is 0 Å². The molecule has 2 heteroatoms. The van der Waals surface area contributed by atoms with Crippen LogP contribution in [0.1, 0.15) is 80.7 Å². The SMILES string of the molecule is CC(C)c1ccc(C(CCO)c2cc(C(C)(C)C)ccc2OCc2ccccc2)cc1. The monoisotopic (exact) mass is 416 g/mol. The van der Waals surface area contributed by atoms with Crippen molar-refractivity contribution in [2.45, 2.75) is 64.9 Å². The molecule has 0 amide bonds. The first-order valence-corrected chi connectivity index (χ1v) is 11.3. The lowest BCUT2D eigenvalue weighted by atomic mass is 9.81. The van der Waals surface area contributed by atoms with E-state index in [1.54, 1.807) is 0 Å². The summed E-state index contributed by atoms with van der Waals surface area (Å²) in [5, 5.41) is 9.89. The molecule has 2 nitrogen and oxygen atoms in total. The third-order valence-corrected chi connectivity index (χ3v) is 5.91. The average molecular weight is 417 g/mol. The minimum Gasteiger partial charge on any atom is -0.489 e. The maximum Gasteiger partial charge on any atom is 0.123 e. The number of hydrogen-bond acceptors (Lipinski definition) is 2. The Hall–Kier alpha value is -2.58. The van der Waals surface area contributed by atoms with Gasteiger partial charge in [0.15, 0.2) is 0 Å². The minimum absolute atomic E-state index is 0.0397. The molecule has 0 aliphatic carbocycles. The fraction of sp³-hybridized carbons (Fsp3) is 0.379. The average Bonchev–Trinajstić information content (AvgIpc) is 2.76. The van der Waals surface area contributed by atoms with Gasteiger partial charge in [-0.2, -0.15) is 0 Å². The van der Waals surface area contributed by atoms with Crippen LogP contribution in [-0.4, -0.2) is 11.7 Å². The molecule has 31 heavy (non-hydrogen) atoms. The predicted octanol–water partition coefficient (Wildman–Crippen LogP) is 7.20. The molecular weight excluding hydrogens is 380 g/mol. The number of aliphatic hydroxyl groups excluding tert-OH is 1. The normalized spacial score (nSPS) is 12.7. The first kappa shape index (κ1) is 23.1. The Balaban J connectivity index is 2.01. The van der Waals surface area contributed by atoms with Crippen LogP contribution in [0.15, 0.2) is 72.8 Å². The zero-order valence-electron chi connectivity index (χ0n) is 19.6. The van der Waals surface area contributed by atoms with E-state index in [-0.39, 0.29) is 17.9 Å². The second-order valence-corrected chi connectivity index (χ2v) is 9.66. The van der Waals surface area contributed by atoms with Crippen molar-refractivity contribution in [3.8, 4) is 5.75 Å². The van der Waals surface area contributed by atoms with Gasteiger partial charge in [0.2, 0.25) is 0 Å². The van der Waals surface area contributed by atoms with Crippen molar-refractivity contribution in [1.82, 2.24) is 0 Å². The number of rotatable bonds is 8. The maximum atomic E-state index is 9.89. The summed E-state index contributed by atoms with van der Waals surface area (Å²) in [6, 6.07) is 25.6. The van der Waals surface area contributed by atoms with Crippen LogP contribution in [0.25, 0.3) is 0 Å². The molecule has 1 atom stereocenters. The van der Waals surface area contributed by atoms with Crippen LogP contribution in [0.5, 0.6) is 5.75 Å². The first-order valence-electron chi connectivity index (χ1n) is 11.3. The van der Waals surface area contributed by atoms with E-state index < -0.39 is 0 Å². The Labute approximate surface area is 187 Å². The molecule has 0 radical (unpaired) electrons. The van der Waals surface area contributed by atoms with E-state index in [9.17, 15) is 5.11 Å². The zero-order valence-corrected chi connectivity index (χ0v) is 19.6. The molecule has 0 aromatic heterocycles. The van der Waals surface area contributed by atoms with Gasteiger partial charge < -0.3 is 9.84 Å². The summed E-state index contributed by atoms with van der Waals surface area (Å²) in [5.41, 5.74) is 6.15. The molecule has 3 aromatic carbocycles. The Morgan fingerprint density at radius 1 is 0.839 bits per heavy atom. The molecule has 1 unspecified atom stereocenters. The van der Waals surface area contributed by atoms with E-state index in [2.05, 4.69) is 89.2 Å². The van der Waals surface area contributed by atoms with Gasteiger partial charge >= 0.3 is 0 Å². The van der Waals surface area contributed by atoms with Crippen molar-refractivity contribution in [2.24, 2.45) is 0 Å². The Bertz CT molecular complexity index is 950. The highest BCUT2D eigenvalue weighted by atomic mass is 16.5. The number of aliphatic hydroxyl groups is 1. The third kappa shape index (κ3) is 5.98. The van der Waals surface area contributed by atoms with Crippen molar-refractivity contribution in [3.63, 3.8) is 0 Å². The van der Waals surface area contributed by atoms with Crippen molar-refractivity contribution in [3.05, 3.63) is 101 Å². The second kappa shape index (κ2) is 10.2. The van der Waals surface area contributed by atoms with E-state index in [0.717, 1.165) is 16.9 Å². The topological polar surface area (TPSA) is 29.5 Å². The second-order valence-electron chi connectivity index (χ2n) is 9.66. The van der Waals surface area contributed by atoms with Gasteiger partial charge in [-0.05, 0) is 46.1 Å². The highest BCUT2D eigenvalue weighted by Crippen LogP contribution is 2.38. The largest absolute Gasteiger partial charge is 0.489 e. The molecule has 0 aliphatic rings. The first-order chi connectivity index (χ1) is 14.8. The summed E-state index contributed by atoms with van der Waals surface area (Å²) in [6.07, 6.45) is 0.663.